The average molecular weight is 330 g/mol. The number of amides is 2. The molecular formula is C14H17Cl2N3O2. The maximum atomic E-state index is 12.4. The Hall–Kier alpha value is -1.30. The van der Waals surface area contributed by atoms with Gasteiger partial charge in [-0.15, -0.1) is 0 Å². The molecule has 21 heavy (non-hydrogen) atoms. The number of nitrogens with one attached hydrogen (secondary N) is 2. The second-order valence-corrected chi connectivity index (χ2v) is 5.67. The molecule has 1 fully saturated rings. The molecule has 2 N–H and O–H groups in total. The van der Waals surface area contributed by atoms with Crippen molar-refractivity contribution in [2.24, 2.45) is 5.92 Å². The highest BCUT2D eigenvalue weighted by Crippen LogP contribution is 2.33. The third-order valence-corrected chi connectivity index (χ3v) is 3.95. The van der Waals surface area contributed by atoms with Crippen molar-refractivity contribution < 1.29 is 9.59 Å². The highest BCUT2D eigenvalue weighted by molar-refractivity contribution is 6.36. The lowest BCUT2D eigenvalue weighted by molar-refractivity contribution is -0.132. The van der Waals surface area contributed by atoms with Gasteiger partial charge in [0.05, 0.1) is 10.7 Å². The average Bonchev–Trinajstić information content (AvgIpc) is 2.83. The molecule has 0 bridgehead atoms. The highest BCUT2D eigenvalue weighted by atomic mass is 35.5. The summed E-state index contributed by atoms with van der Waals surface area (Å²) in [6.07, 6.45) is 0.479. The van der Waals surface area contributed by atoms with Gasteiger partial charge in [0.25, 0.3) is 0 Å². The molecule has 0 aliphatic carbocycles. The van der Waals surface area contributed by atoms with E-state index in [9.17, 15) is 9.59 Å². The fourth-order valence-corrected chi connectivity index (χ4v) is 2.67. The first-order valence-electron chi connectivity index (χ1n) is 6.73. The molecule has 2 rings (SSSR count). The molecule has 1 aromatic carbocycles. The van der Waals surface area contributed by atoms with Gasteiger partial charge in [-0.3, -0.25) is 9.59 Å². The summed E-state index contributed by atoms with van der Waals surface area (Å²) in [4.78, 5) is 25.9. The van der Waals surface area contributed by atoms with Crippen molar-refractivity contribution in [3.8, 4) is 0 Å². The number of nitrogens with zero attached hydrogens (tertiary/aromatic N) is 1. The fraction of sp³-hybridized carbons (Fsp3) is 0.429. The molecule has 2 amide bonds. The van der Waals surface area contributed by atoms with Crippen LogP contribution in [0.2, 0.25) is 10.0 Å². The van der Waals surface area contributed by atoms with Gasteiger partial charge in [-0.1, -0.05) is 23.2 Å². The number of hydrogen-bond acceptors (Lipinski definition) is 3. The first kappa shape index (κ1) is 16.1. The molecular weight excluding hydrogens is 313 g/mol. The number of anilines is 1. The number of carbonyl (C=O) groups excluding carboxylic acids is 2. The summed E-state index contributed by atoms with van der Waals surface area (Å²) in [6, 6.07) is 4.95. The van der Waals surface area contributed by atoms with E-state index in [1.54, 1.807) is 25.2 Å². The van der Waals surface area contributed by atoms with Crippen molar-refractivity contribution >= 4 is 40.7 Å². The lowest BCUT2D eigenvalue weighted by atomic mass is 10.1. The van der Waals surface area contributed by atoms with E-state index in [0.717, 1.165) is 0 Å². The minimum Gasteiger partial charge on any atom is -0.354 e. The van der Waals surface area contributed by atoms with E-state index >= 15 is 0 Å². The monoisotopic (exact) mass is 329 g/mol. The van der Waals surface area contributed by atoms with Crippen LogP contribution in [0.1, 0.15) is 6.42 Å². The molecule has 1 unspecified atom stereocenters. The predicted octanol–water partition coefficient (Wildman–Crippen LogP) is 1.68. The van der Waals surface area contributed by atoms with Crippen LogP contribution >= 0.6 is 23.2 Å². The van der Waals surface area contributed by atoms with E-state index in [4.69, 9.17) is 23.2 Å². The number of hydrogen-bond donors (Lipinski definition) is 2. The number of likely N-dealkylation sites (N-methyl/N-ethyl adjacent to an activating group) is 1. The molecule has 114 valence electrons. The van der Waals surface area contributed by atoms with E-state index in [1.165, 1.54) is 4.90 Å². The van der Waals surface area contributed by atoms with Crippen LogP contribution in [0.5, 0.6) is 0 Å². The summed E-state index contributed by atoms with van der Waals surface area (Å²) in [5, 5.41) is 6.63. The Morgan fingerprint density at radius 2 is 2.14 bits per heavy atom. The second kappa shape index (κ2) is 7.11. The highest BCUT2D eigenvalue weighted by Gasteiger charge is 2.38. The quantitative estimate of drug-likeness (QED) is 0.638. The summed E-state index contributed by atoms with van der Waals surface area (Å²) in [7, 11) is 1.80. The first-order chi connectivity index (χ1) is 10.0. The van der Waals surface area contributed by atoms with Crippen LogP contribution in [-0.4, -0.2) is 38.5 Å². The van der Waals surface area contributed by atoms with Crippen LogP contribution in [0.15, 0.2) is 18.2 Å². The van der Waals surface area contributed by atoms with Gasteiger partial charge in [-0.05, 0) is 31.7 Å². The molecule has 1 atom stereocenters. The summed E-state index contributed by atoms with van der Waals surface area (Å²) < 4.78 is 0. The normalized spacial score (nSPS) is 18.1. The number of carbonyl (C=O) groups is 2. The van der Waals surface area contributed by atoms with Gasteiger partial charge in [0.1, 0.15) is 5.92 Å². The molecule has 1 aromatic rings. The molecule has 7 heteroatoms. The smallest absolute Gasteiger partial charge is 0.239 e. The maximum absolute atomic E-state index is 12.4. The van der Waals surface area contributed by atoms with Crippen LogP contribution in [0.25, 0.3) is 0 Å². The largest absolute Gasteiger partial charge is 0.354 e. The summed E-state index contributed by atoms with van der Waals surface area (Å²) in [5.41, 5.74) is 0.555. The Kier molecular flexibility index (Phi) is 5.45. The van der Waals surface area contributed by atoms with Gasteiger partial charge in [-0.25, -0.2) is 0 Å². The van der Waals surface area contributed by atoms with Gasteiger partial charge in [-0.2, -0.15) is 0 Å². The Morgan fingerprint density at radius 1 is 1.38 bits per heavy atom. The fourth-order valence-electron chi connectivity index (χ4n) is 2.29. The zero-order valence-electron chi connectivity index (χ0n) is 11.7. The molecule has 1 aliphatic rings. The first-order valence-corrected chi connectivity index (χ1v) is 7.49. The van der Waals surface area contributed by atoms with Gasteiger partial charge in [0.15, 0.2) is 0 Å². The van der Waals surface area contributed by atoms with Crippen molar-refractivity contribution in [2.45, 2.75) is 6.42 Å². The molecule has 1 heterocycles. The molecule has 0 spiro atoms. The van der Waals surface area contributed by atoms with Crippen LogP contribution in [-0.2, 0) is 9.59 Å². The lowest BCUT2D eigenvalue weighted by Crippen LogP contribution is -2.39. The topological polar surface area (TPSA) is 61.4 Å². The summed E-state index contributed by atoms with van der Waals surface area (Å²) in [5.74, 6) is -1.13. The van der Waals surface area contributed by atoms with Gasteiger partial charge >= 0.3 is 0 Å². The van der Waals surface area contributed by atoms with Crippen LogP contribution < -0.4 is 15.5 Å². The van der Waals surface area contributed by atoms with Crippen molar-refractivity contribution in [1.29, 1.82) is 0 Å². The molecule has 5 nitrogen and oxygen atoms in total. The number of halogens is 2. The van der Waals surface area contributed by atoms with Crippen molar-refractivity contribution in [3.05, 3.63) is 28.2 Å². The van der Waals surface area contributed by atoms with E-state index in [0.29, 0.717) is 41.8 Å². The maximum Gasteiger partial charge on any atom is 0.239 e. The molecule has 0 aromatic heterocycles. The Balaban J connectivity index is 2.07. The van der Waals surface area contributed by atoms with Crippen molar-refractivity contribution in [3.63, 3.8) is 0 Å². The third-order valence-electron chi connectivity index (χ3n) is 3.40. The number of rotatable bonds is 5. The standard InChI is InChI=1S/C14H17Cl2N3O2/c1-17-5-6-18-13(20)10-4-7-19(14(10)21)12-8-9(15)2-3-11(12)16/h2-3,8,10,17H,4-7H2,1H3,(H,18,20). The third kappa shape index (κ3) is 3.67. The van der Waals surface area contributed by atoms with Crippen molar-refractivity contribution in [2.75, 3.05) is 31.6 Å². The van der Waals surface area contributed by atoms with Gasteiger partial charge < -0.3 is 15.5 Å². The molecule has 1 saturated heterocycles. The zero-order valence-corrected chi connectivity index (χ0v) is 13.2. The van der Waals surface area contributed by atoms with Gasteiger partial charge in [0, 0.05) is 24.7 Å². The summed E-state index contributed by atoms with van der Waals surface area (Å²) in [6.45, 7) is 1.62. The van der Waals surface area contributed by atoms with E-state index in [2.05, 4.69) is 10.6 Å². The van der Waals surface area contributed by atoms with Gasteiger partial charge in [0.2, 0.25) is 11.8 Å². The van der Waals surface area contributed by atoms with Crippen LogP contribution in [0, 0.1) is 5.92 Å². The minimum atomic E-state index is -0.656. The van der Waals surface area contributed by atoms with E-state index in [1.807, 2.05) is 0 Å². The van der Waals surface area contributed by atoms with Crippen molar-refractivity contribution in [1.82, 2.24) is 10.6 Å². The molecule has 1 aliphatic heterocycles. The summed E-state index contributed by atoms with van der Waals surface area (Å²) >= 11 is 12.1. The molecule has 0 radical (unpaired) electrons. The second-order valence-electron chi connectivity index (χ2n) is 4.82. The van der Waals surface area contributed by atoms with E-state index in [-0.39, 0.29) is 11.8 Å². The van der Waals surface area contributed by atoms with Crippen LogP contribution in [0.3, 0.4) is 0 Å². The predicted molar refractivity (Wildman–Crippen MR) is 83.9 cm³/mol. The number of benzene rings is 1. The zero-order chi connectivity index (χ0) is 15.4. The lowest BCUT2D eigenvalue weighted by Gasteiger charge is -2.18. The SMILES string of the molecule is CNCCNC(=O)C1CCN(c2cc(Cl)ccc2Cl)C1=O. The minimum absolute atomic E-state index is 0.235. The Bertz CT molecular complexity index is 551. The van der Waals surface area contributed by atoms with Crippen LogP contribution in [0.4, 0.5) is 5.69 Å². The molecule has 0 saturated carbocycles. The van der Waals surface area contributed by atoms with E-state index < -0.39 is 5.92 Å². The Labute approximate surface area is 133 Å². The Morgan fingerprint density at radius 3 is 2.86 bits per heavy atom.